The topological polar surface area (TPSA) is 22.0 Å². The summed E-state index contributed by atoms with van der Waals surface area (Å²) >= 11 is 3.53. The molecule has 0 amide bonds. The minimum atomic E-state index is 0.262. The minimum absolute atomic E-state index is 0.262. The Kier molecular flexibility index (Phi) is 3.44. The molecule has 0 aliphatic rings. The van der Waals surface area contributed by atoms with E-state index in [9.17, 15) is 4.79 Å². The van der Waals surface area contributed by atoms with Gasteiger partial charge in [0.05, 0.1) is 0 Å². The first-order valence-corrected chi connectivity index (χ1v) is 6.20. The Morgan fingerprint density at radius 3 is 2.94 bits per heavy atom. The second-order valence-corrected chi connectivity index (χ2v) is 4.84. The van der Waals surface area contributed by atoms with Gasteiger partial charge < -0.3 is 9.36 Å². The number of carbonyl (C=O) groups is 1. The molecule has 0 aliphatic heterocycles. The van der Waals surface area contributed by atoms with E-state index in [2.05, 4.69) is 38.8 Å². The Balaban J connectivity index is 2.19. The third kappa shape index (κ3) is 2.35. The van der Waals surface area contributed by atoms with Crippen molar-refractivity contribution in [3.05, 3.63) is 34.9 Å². The smallest absolute Gasteiger partial charge is 0.129 e. The molecule has 1 aromatic carbocycles. The molecular formula is C13H14BrNO. The molecule has 0 N–H and O–H groups in total. The second kappa shape index (κ2) is 4.83. The predicted molar refractivity (Wildman–Crippen MR) is 69.6 cm³/mol. The fraction of sp³-hybridized carbons (Fsp3) is 0.308. The van der Waals surface area contributed by atoms with Gasteiger partial charge in [-0.25, -0.2) is 0 Å². The molecule has 2 rings (SSSR count). The molecule has 3 heteroatoms. The van der Waals surface area contributed by atoms with Gasteiger partial charge in [-0.3, -0.25) is 0 Å². The zero-order chi connectivity index (χ0) is 11.5. The van der Waals surface area contributed by atoms with Crippen LogP contribution < -0.4 is 0 Å². The van der Waals surface area contributed by atoms with Crippen molar-refractivity contribution in [2.45, 2.75) is 26.3 Å². The van der Waals surface area contributed by atoms with Gasteiger partial charge in [0.25, 0.3) is 0 Å². The average Bonchev–Trinajstić information content (AvgIpc) is 2.63. The largest absolute Gasteiger partial charge is 0.347 e. The van der Waals surface area contributed by atoms with Crippen LogP contribution in [0.15, 0.2) is 34.9 Å². The van der Waals surface area contributed by atoms with Gasteiger partial charge in [0.1, 0.15) is 5.78 Å². The van der Waals surface area contributed by atoms with Gasteiger partial charge in [0.15, 0.2) is 0 Å². The molecule has 2 aromatic rings. The number of halogens is 1. The van der Waals surface area contributed by atoms with Crippen LogP contribution in [-0.4, -0.2) is 10.4 Å². The third-order valence-electron chi connectivity index (χ3n) is 2.69. The van der Waals surface area contributed by atoms with E-state index in [0.717, 1.165) is 17.4 Å². The molecule has 0 bridgehead atoms. The van der Waals surface area contributed by atoms with Crippen molar-refractivity contribution < 1.29 is 4.79 Å². The van der Waals surface area contributed by atoms with Crippen molar-refractivity contribution in [2.75, 3.05) is 0 Å². The van der Waals surface area contributed by atoms with Crippen LogP contribution in [0, 0.1) is 0 Å². The number of aromatic nitrogens is 1. The lowest BCUT2D eigenvalue weighted by molar-refractivity contribution is -0.117. The lowest BCUT2D eigenvalue weighted by Gasteiger charge is -2.04. The number of carbonyl (C=O) groups excluding carboxylic acids is 1. The molecule has 1 aromatic heterocycles. The van der Waals surface area contributed by atoms with Crippen molar-refractivity contribution >= 4 is 32.6 Å². The highest BCUT2D eigenvalue weighted by Gasteiger charge is 2.03. The average molecular weight is 280 g/mol. The van der Waals surface area contributed by atoms with E-state index in [1.165, 1.54) is 10.9 Å². The molecule has 0 saturated carbocycles. The number of aryl methyl sites for hydroxylation is 1. The first kappa shape index (κ1) is 11.4. The minimum Gasteiger partial charge on any atom is -0.347 e. The van der Waals surface area contributed by atoms with E-state index in [4.69, 9.17) is 0 Å². The fourth-order valence-corrected chi connectivity index (χ4v) is 2.37. The summed E-state index contributed by atoms with van der Waals surface area (Å²) in [5.41, 5.74) is 1.22. The summed E-state index contributed by atoms with van der Waals surface area (Å²) < 4.78 is 3.32. The van der Waals surface area contributed by atoms with Crippen LogP contribution in [0.25, 0.3) is 10.9 Å². The molecular weight excluding hydrogens is 266 g/mol. The van der Waals surface area contributed by atoms with E-state index in [1.807, 2.05) is 12.1 Å². The molecule has 1 heterocycles. The third-order valence-corrected chi connectivity index (χ3v) is 3.38. The number of rotatable bonds is 4. The Labute approximate surface area is 103 Å². The molecule has 0 saturated heterocycles. The number of hydrogen-bond donors (Lipinski definition) is 0. The Hall–Kier alpha value is -1.09. The Morgan fingerprint density at radius 2 is 2.19 bits per heavy atom. The molecule has 0 atom stereocenters. The van der Waals surface area contributed by atoms with Gasteiger partial charge in [-0.2, -0.15) is 0 Å². The van der Waals surface area contributed by atoms with Crippen molar-refractivity contribution in [2.24, 2.45) is 0 Å². The standard InChI is InChI=1S/C13H14BrNO/c1-10(16)4-3-8-15-9-7-11-12(14)5-2-6-13(11)15/h2,5-7,9H,3-4,8H2,1H3. The van der Waals surface area contributed by atoms with E-state index in [-0.39, 0.29) is 5.78 Å². The highest BCUT2D eigenvalue weighted by molar-refractivity contribution is 9.10. The quantitative estimate of drug-likeness (QED) is 0.835. The van der Waals surface area contributed by atoms with Gasteiger partial charge in [-0.1, -0.05) is 22.0 Å². The normalized spacial score (nSPS) is 10.9. The first-order valence-electron chi connectivity index (χ1n) is 5.41. The number of nitrogens with zero attached hydrogens (tertiary/aromatic N) is 1. The Morgan fingerprint density at radius 1 is 1.38 bits per heavy atom. The number of ketones is 1. The highest BCUT2D eigenvalue weighted by atomic mass is 79.9. The monoisotopic (exact) mass is 279 g/mol. The zero-order valence-electron chi connectivity index (χ0n) is 9.24. The summed E-state index contributed by atoms with van der Waals surface area (Å²) in [5, 5.41) is 1.23. The van der Waals surface area contributed by atoms with E-state index in [1.54, 1.807) is 6.92 Å². The first-order chi connectivity index (χ1) is 7.68. The van der Waals surface area contributed by atoms with Crippen LogP contribution in [0.1, 0.15) is 19.8 Å². The van der Waals surface area contributed by atoms with Gasteiger partial charge in [-0.05, 0) is 31.5 Å². The molecule has 2 nitrogen and oxygen atoms in total. The molecule has 0 radical (unpaired) electrons. The number of Topliss-reactive ketones (excluding diaryl/α,β-unsaturated/α-hetero) is 1. The number of benzene rings is 1. The zero-order valence-corrected chi connectivity index (χ0v) is 10.8. The molecule has 84 valence electrons. The van der Waals surface area contributed by atoms with E-state index in [0.29, 0.717) is 6.42 Å². The maximum atomic E-state index is 10.9. The van der Waals surface area contributed by atoms with Crippen LogP contribution in [0.5, 0.6) is 0 Å². The van der Waals surface area contributed by atoms with Crippen molar-refractivity contribution in [3.8, 4) is 0 Å². The van der Waals surface area contributed by atoms with Crippen molar-refractivity contribution in [1.82, 2.24) is 4.57 Å². The number of fused-ring (bicyclic) bond motifs is 1. The summed E-state index contributed by atoms with van der Waals surface area (Å²) in [4.78, 5) is 10.9. The van der Waals surface area contributed by atoms with E-state index < -0.39 is 0 Å². The lowest BCUT2D eigenvalue weighted by atomic mass is 10.2. The lowest BCUT2D eigenvalue weighted by Crippen LogP contribution is -1.98. The molecule has 0 spiro atoms. The molecule has 16 heavy (non-hydrogen) atoms. The van der Waals surface area contributed by atoms with Gasteiger partial charge in [-0.15, -0.1) is 0 Å². The highest BCUT2D eigenvalue weighted by Crippen LogP contribution is 2.24. The van der Waals surface area contributed by atoms with Gasteiger partial charge in [0, 0.05) is 34.5 Å². The van der Waals surface area contributed by atoms with Crippen molar-refractivity contribution in [1.29, 1.82) is 0 Å². The predicted octanol–water partition coefficient (Wildman–Crippen LogP) is 3.77. The SMILES string of the molecule is CC(=O)CCCn1ccc2c(Br)cccc21. The van der Waals surface area contributed by atoms with Crippen LogP contribution in [0.2, 0.25) is 0 Å². The maximum absolute atomic E-state index is 10.9. The van der Waals surface area contributed by atoms with Crippen molar-refractivity contribution in [3.63, 3.8) is 0 Å². The van der Waals surface area contributed by atoms with Crippen LogP contribution in [-0.2, 0) is 11.3 Å². The summed E-state index contributed by atoms with van der Waals surface area (Å²) in [5.74, 6) is 0.262. The van der Waals surface area contributed by atoms with Gasteiger partial charge in [0.2, 0.25) is 0 Å². The summed E-state index contributed by atoms with van der Waals surface area (Å²) in [6.45, 7) is 2.55. The van der Waals surface area contributed by atoms with Crippen LogP contribution in [0.4, 0.5) is 0 Å². The fourth-order valence-electron chi connectivity index (χ4n) is 1.88. The molecule has 0 unspecified atom stereocenters. The molecule has 0 aliphatic carbocycles. The van der Waals surface area contributed by atoms with Crippen LogP contribution >= 0.6 is 15.9 Å². The summed E-state index contributed by atoms with van der Waals surface area (Å²) in [6, 6.07) is 8.29. The summed E-state index contributed by atoms with van der Waals surface area (Å²) in [6.07, 6.45) is 3.65. The van der Waals surface area contributed by atoms with Gasteiger partial charge >= 0.3 is 0 Å². The number of hydrogen-bond acceptors (Lipinski definition) is 1. The maximum Gasteiger partial charge on any atom is 0.129 e. The summed E-state index contributed by atoms with van der Waals surface area (Å²) in [7, 11) is 0. The van der Waals surface area contributed by atoms with E-state index >= 15 is 0 Å². The molecule has 0 fully saturated rings. The Bertz CT molecular complexity index is 516. The van der Waals surface area contributed by atoms with Crippen LogP contribution in [0.3, 0.4) is 0 Å². The second-order valence-electron chi connectivity index (χ2n) is 3.99.